The van der Waals surface area contributed by atoms with Crippen molar-refractivity contribution in [1.29, 1.82) is 0 Å². The van der Waals surface area contributed by atoms with Crippen molar-refractivity contribution in [3.63, 3.8) is 0 Å². The van der Waals surface area contributed by atoms with Crippen LogP contribution in [0.1, 0.15) is 81.3 Å². The van der Waals surface area contributed by atoms with Gasteiger partial charge >= 0.3 is 5.97 Å². The molecule has 2 amide bonds. The number of nitrogens with zero attached hydrogens (tertiary/aromatic N) is 2. The van der Waals surface area contributed by atoms with Crippen LogP contribution in [0.3, 0.4) is 0 Å². The normalized spacial score (nSPS) is 16.3. The Morgan fingerprint density at radius 1 is 1.07 bits per heavy atom. The lowest BCUT2D eigenvalue weighted by atomic mass is 9.83. The highest BCUT2D eigenvalue weighted by Crippen LogP contribution is 2.38. The van der Waals surface area contributed by atoms with Crippen LogP contribution in [0.2, 0.25) is 5.02 Å². The van der Waals surface area contributed by atoms with E-state index in [1.807, 2.05) is 31.2 Å². The number of hydrogen-bond acceptors (Lipinski definition) is 5. The molecule has 0 bridgehead atoms. The quantitative estimate of drug-likeness (QED) is 0.303. The first kappa shape index (κ1) is 31.4. The highest BCUT2D eigenvalue weighted by Gasteiger charge is 2.36. The fraction of sp³-hybridized carbons (Fsp3) is 0.469. The number of ether oxygens (including phenoxy) is 1. The van der Waals surface area contributed by atoms with Crippen molar-refractivity contribution in [2.24, 2.45) is 0 Å². The average Bonchev–Trinajstić information content (AvgIpc) is 2.94. The summed E-state index contributed by atoms with van der Waals surface area (Å²) in [5, 5.41) is 3.68. The molecule has 0 saturated heterocycles. The molecule has 0 aromatic heterocycles. The second kappa shape index (κ2) is 15.0. The molecular formula is C32H42ClN3O4. The second-order valence-electron chi connectivity index (χ2n) is 10.2. The molecule has 0 spiro atoms. The summed E-state index contributed by atoms with van der Waals surface area (Å²) in [5.74, 6) is -1.01. The molecule has 2 atom stereocenters. The summed E-state index contributed by atoms with van der Waals surface area (Å²) in [5.41, 5.74) is 3.35. The topological polar surface area (TPSA) is 79.0 Å². The number of rotatable bonds is 13. The maximum absolute atomic E-state index is 13.3. The molecule has 0 radical (unpaired) electrons. The van der Waals surface area contributed by atoms with Gasteiger partial charge in [0.05, 0.1) is 18.7 Å². The Kier molecular flexibility index (Phi) is 11.8. The predicted molar refractivity (Wildman–Crippen MR) is 159 cm³/mol. The minimum absolute atomic E-state index is 0.0779. The highest BCUT2D eigenvalue weighted by molar-refractivity contribution is 6.30. The zero-order chi connectivity index (χ0) is 29.2. The second-order valence-corrected chi connectivity index (χ2v) is 10.7. The number of esters is 1. The Balaban J connectivity index is 1.70. The van der Waals surface area contributed by atoms with Crippen LogP contribution in [0.5, 0.6) is 0 Å². The van der Waals surface area contributed by atoms with Crippen LogP contribution in [-0.4, -0.2) is 59.9 Å². The molecule has 0 saturated carbocycles. The van der Waals surface area contributed by atoms with Crippen LogP contribution in [0.4, 0.5) is 0 Å². The molecule has 40 heavy (non-hydrogen) atoms. The Bertz CT molecular complexity index is 1190. The molecule has 1 N–H and O–H groups in total. The molecule has 0 fully saturated rings. The lowest BCUT2D eigenvalue weighted by molar-refractivity contribution is -0.140. The number of amides is 2. The first-order chi connectivity index (χ1) is 19.2. The van der Waals surface area contributed by atoms with Gasteiger partial charge in [-0.05, 0) is 88.6 Å². The first-order valence-electron chi connectivity index (χ1n) is 14.2. The van der Waals surface area contributed by atoms with Crippen LogP contribution >= 0.6 is 11.6 Å². The van der Waals surface area contributed by atoms with Gasteiger partial charge in [-0.25, -0.2) is 4.79 Å². The van der Waals surface area contributed by atoms with Gasteiger partial charge in [-0.3, -0.25) is 9.59 Å². The van der Waals surface area contributed by atoms with Gasteiger partial charge < -0.3 is 19.9 Å². The molecule has 1 aliphatic rings. The molecule has 3 rings (SSSR count). The van der Waals surface area contributed by atoms with Gasteiger partial charge in [0.2, 0.25) is 5.91 Å². The molecule has 7 nitrogen and oxygen atoms in total. The maximum Gasteiger partial charge on any atom is 0.336 e. The third kappa shape index (κ3) is 8.18. The number of nitrogens with one attached hydrogen (secondary N) is 1. The molecule has 8 heteroatoms. The average molecular weight is 568 g/mol. The molecule has 216 valence electrons. The number of hydrogen-bond donors (Lipinski definition) is 1. The Labute approximate surface area is 243 Å². The van der Waals surface area contributed by atoms with Crippen molar-refractivity contribution in [3.8, 4) is 0 Å². The van der Waals surface area contributed by atoms with Crippen LogP contribution in [0, 0.1) is 0 Å². The monoisotopic (exact) mass is 567 g/mol. The summed E-state index contributed by atoms with van der Waals surface area (Å²) in [6.45, 7) is 13.6. The van der Waals surface area contributed by atoms with E-state index >= 15 is 0 Å². The number of carbonyl (C=O) groups excluding carboxylic acids is 3. The smallest absolute Gasteiger partial charge is 0.336 e. The summed E-state index contributed by atoms with van der Waals surface area (Å²) in [4.78, 5) is 43.1. The van der Waals surface area contributed by atoms with Crippen LogP contribution in [-0.2, 0) is 20.9 Å². The summed E-state index contributed by atoms with van der Waals surface area (Å²) >= 11 is 6.06. The van der Waals surface area contributed by atoms with E-state index < -0.39 is 11.9 Å². The van der Waals surface area contributed by atoms with Gasteiger partial charge in [0.1, 0.15) is 0 Å². The third-order valence-corrected chi connectivity index (χ3v) is 7.78. The molecule has 2 aromatic carbocycles. The fourth-order valence-electron chi connectivity index (χ4n) is 5.14. The first-order valence-corrected chi connectivity index (χ1v) is 14.6. The minimum atomic E-state index is -0.421. The lowest BCUT2D eigenvalue weighted by Gasteiger charge is -2.34. The van der Waals surface area contributed by atoms with Crippen molar-refractivity contribution in [1.82, 2.24) is 15.1 Å². The van der Waals surface area contributed by atoms with E-state index in [4.69, 9.17) is 16.3 Å². The predicted octanol–water partition coefficient (Wildman–Crippen LogP) is 5.93. The standard InChI is InChI=1S/C32H42ClN3O4/c1-6-35(7-2)19-9-10-22(4)34-31(38)26-13-11-24(12-14-26)21-36-23(5)30(32(39)40-8-3)28(20-29(36)37)25-15-17-27(33)18-16-25/h11-18,22,28H,6-10,19-21H2,1-5H3,(H,34,38). The number of benzene rings is 2. The Morgan fingerprint density at radius 3 is 2.33 bits per heavy atom. The largest absolute Gasteiger partial charge is 0.463 e. The van der Waals surface area contributed by atoms with Gasteiger partial charge in [-0.2, -0.15) is 0 Å². The maximum atomic E-state index is 13.3. The van der Waals surface area contributed by atoms with Crippen molar-refractivity contribution in [2.45, 2.75) is 72.4 Å². The van der Waals surface area contributed by atoms with Crippen molar-refractivity contribution < 1.29 is 19.1 Å². The third-order valence-electron chi connectivity index (χ3n) is 7.53. The molecule has 2 unspecified atom stereocenters. The van der Waals surface area contributed by atoms with Gasteiger partial charge in [0.15, 0.2) is 0 Å². The molecule has 1 heterocycles. The lowest BCUT2D eigenvalue weighted by Crippen LogP contribution is -2.38. The van der Waals surface area contributed by atoms with E-state index in [9.17, 15) is 14.4 Å². The molecular weight excluding hydrogens is 526 g/mol. The zero-order valence-corrected chi connectivity index (χ0v) is 25.1. The van der Waals surface area contributed by atoms with Gasteiger partial charge in [0.25, 0.3) is 5.91 Å². The van der Waals surface area contributed by atoms with Gasteiger partial charge in [0, 0.05) is 34.7 Å². The van der Waals surface area contributed by atoms with E-state index in [1.54, 1.807) is 43.0 Å². The zero-order valence-electron chi connectivity index (χ0n) is 24.3. The highest BCUT2D eigenvalue weighted by atomic mass is 35.5. The molecule has 2 aromatic rings. The van der Waals surface area contributed by atoms with E-state index in [-0.39, 0.29) is 30.9 Å². The number of halogens is 1. The van der Waals surface area contributed by atoms with E-state index in [2.05, 4.69) is 24.1 Å². The number of carbonyl (C=O) groups is 3. The fourth-order valence-corrected chi connectivity index (χ4v) is 5.27. The van der Waals surface area contributed by atoms with Gasteiger partial charge in [-0.1, -0.05) is 49.7 Å². The Morgan fingerprint density at radius 2 is 1.73 bits per heavy atom. The van der Waals surface area contributed by atoms with E-state index in [0.717, 1.165) is 43.6 Å². The Hall–Kier alpha value is -3.16. The molecule has 0 aliphatic carbocycles. The van der Waals surface area contributed by atoms with Crippen molar-refractivity contribution in [2.75, 3.05) is 26.2 Å². The SMILES string of the molecule is CCOC(=O)C1=C(C)N(Cc2ccc(C(=O)NC(C)CCCN(CC)CC)cc2)C(=O)CC1c1ccc(Cl)cc1. The summed E-state index contributed by atoms with van der Waals surface area (Å²) in [6, 6.07) is 14.6. The minimum Gasteiger partial charge on any atom is -0.463 e. The van der Waals surface area contributed by atoms with Crippen molar-refractivity contribution >= 4 is 29.4 Å². The van der Waals surface area contributed by atoms with Crippen molar-refractivity contribution in [3.05, 3.63) is 81.5 Å². The van der Waals surface area contributed by atoms with Crippen LogP contribution in [0.25, 0.3) is 0 Å². The summed E-state index contributed by atoms with van der Waals surface area (Å²) < 4.78 is 5.37. The molecule has 1 aliphatic heterocycles. The van der Waals surface area contributed by atoms with Gasteiger partial charge in [-0.15, -0.1) is 0 Å². The van der Waals surface area contributed by atoms with Crippen LogP contribution < -0.4 is 5.32 Å². The summed E-state index contributed by atoms with van der Waals surface area (Å²) in [6.07, 6.45) is 2.11. The van der Waals surface area contributed by atoms with Crippen LogP contribution in [0.15, 0.2) is 59.8 Å². The van der Waals surface area contributed by atoms with E-state index in [1.165, 1.54) is 0 Å². The van der Waals surface area contributed by atoms with E-state index in [0.29, 0.717) is 28.4 Å². The number of allylic oxidation sites excluding steroid dienone is 1. The summed E-state index contributed by atoms with van der Waals surface area (Å²) in [7, 11) is 0.